The van der Waals surface area contributed by atoms with E-state index in [4.69, 9.17) is 21.1 Å². The van der Waals surface area contributed by atoms with E-state index in [0.717, 1.165) is 37.7 Å². The Morgan fingerprint density at radius 1 is 1.32 bits per heavy atom. The lowest BCUT2D eigenvalue weighted by Crippen LogP contribution is -2.38. The quantitative estimate of drug-likeness (QED) is 0.855. The fourth-order valence-electron chi connectivity index (χ4n) is 3.04. The maximum absolute atomic E-state index is 6.47. The van der Waals surface area contributed by atoms with E-state index in [1.165, 1.54) is 12.8 Å². The highest BCUT2D eigenvalue weighted by Gasteiger charge is 2.21. The van der Waals surface area contributed by atoms with Gasteiger partial charge in [0, 0.05) is 13.1 Å². The first-order valence-corrected chi connectivity index (χ1v) is 7.83. The first-order valence-electron chi connectivity index (χ1n) is 7.45. The molecule has 6 heteroatoms. The van der Waals surface area contributed by atoms with Crippen LogP contribution in [0.15, 0.2) is 12.1 Å². The number of hydrogen-bond acceptors (Lipinski definition) is 4. The van der Waals surface area contributed by atoms with Crippen LogP contribution in [-0.4, -0.2) is 45.8 Å². The number of rotatable bonds is 6. The van der Waals surface area contributed by atoms with Crippen LogP contribution in [0.3, 0.4) is 0 Å². The SMILES string of the molecule is CNCC1CCCN(Cc2ccc(OC)c(OC)c2Cl)C1.Cl. The number of methoxy groups -OCH3 is 2. The number of benzene rings is 1. The smallest absolute Gasteiger partial charge is 0.179 e. The number of hydrogen-bond donors (Lipinski definition) is 1. The van der Waals surface area contributed by atoms with E-state index < -0.39 is 0 Å². The lowest BCUT2D eigenvalue weighted by molar-refractivity contribution is 0.166. The largest absolute Gasteiger partial charge is 0.493 e. The van der Waals surface area contributed by atoms with Crippen molar-refractivity contribution in [2.45, 2.75) is 19.4 Å². The van der Waals surface area contributed by atoms with E-state index >= 15 is 0 Å². The summed E-state index contributed by atoms with van der Waals surface area (Å²) in [5.41, 5.74) is 1.10. The van der Waals surface area contributed by atoms with E-state index in [2.05, 4.69) is 10.2 Å². The zero-order valence-electron chi connectivity index (χ0n) is 13.5. The molecular weight excluding hydrogens is 323 g/mol. The zero-order valence-corrected chi connectivity index (χ0v) is 15.1. The fourth-order valence-corrected chi connectivity index (χ4v) is 3.34. The third-order valence-electron chi connectivity index (χ3n) is 4.05. The minimum absolute atomic E-state index is 0. The van der Waals surface area contributed by atoms with Crippen LogP contribution in [0.5, 0.6) is 11.5 Å². The Balaban J connectivity index is 0.00000242. The van der Waals surface area contributed by atoms with Gasteiger partial charge >= 0.3 is 0 Å². The minimum atomic E-state index is 0. The van der Waals surface area contributed by atoms with Crippen molar-refractivity contribution in [3.05, 3.63) is 22.7 Å². The molecule has 126 valence electrons. The van der Waals surface area contributed by atoms with Gasteiger partial charge in [-0.15, -0.1) is 12.4 Å². The summed E-state index contributed by atoms with van der Waals surface area (Å²) in [7, 11) is 5.27. The summed E-state index contributed by atoms with van der Waals surface area (Å²) in [5.74, 6) is 2.03. The van der Waals surface area contributed by atoms with Crippen LogP contribution in [0.1, 0.15) is 18.4 Å². The van der Waals surface area contributed by atoms with Crippen molar-refractivity contribution in [3.8, 4) is 11.5 Å². The summed E-state index contributed by atoms with van der Waals surface area (Å²) in [6.07, 6.45) is 2.55. The molecule has 0 amide bonds. The number of ether oxygens (including phenoxy) is 2. The maximum atomic E-state index is 6.47. The first-order chi connectivity index (χ1) is 10.2. The van der Waals surface area contributed by atoms with E-state index in [1.54, 1.807) is 14.2 Å². The van der Waals surface area contributed by atoms with Gasteiger partial charge in [-0.3, -0.25) is 4.90 Å². The van der Waals surface area contributed by atoms with E-state index in [1.807, 2.05) is 19.2 Å². The molecule has 1 heterocycles. The topological polar surface area (TPSA) is 33.7 Å². The van der Waals surface area contributed by atoms with Crippen LogP contribution in [-0.2, 0) is 6.54 Å². The number of nitrogens with zero attached hydrogens (tertiary/aromatic N) is 1. The van der Waals surface area contributed by atoms with Crippen LogP contribution in [0, 0.1) is 5.92 Å². The van der Waals surface area contributed by atoms with Gasteiger partial charge in [-0.1, -0.05) is 17.7 Å². The molecule has 0 aromatic heterocycles. The normalized spacial score (nSPS) is 18.6. The highest BCUT2D eigenvalue weighted by Crippen LogP contribution is 2.38. The molecule has 22 heavy (non-hydrogen) atoms. The predicted molar refractivity (Wildman–Crippen MR) is 93.7 cm³/mol. The van der Waals surface area contributed by atoms with Gasteiger partial charge in [0.25, 0.3) is 0 Å². The summed E-state index contributed by atoms with van der Waals surface area (Å²) in [6, 6.07) is 3.96. The van der Waals surface area contributed by atoms with Gasteiger partial charge in [0.1, 0.15) is 0 Å². The Hall–Kier alpha value is -0.680. The van der Waals surface area contributed by atoms with Gasteiger partial charge in [-0.05, 0) is 50.5 Å². The first kappa shape index (κ1) is 19.4. The van der Waals surface area contributed by atoms with Gasteiger partial charge in [-0.25, -0.2) is 0 Å². The second-order valence-corrected chi connectivity index (χ2v) is 5.95. The van der Waals surface area contributed by atoms with Crippen molar-refractivity contribution in [1.29, 1.82) is 0 Å². The van der Waals surface area contributed by atoms with Gasteiger partial charge < -0.3 is 14.8 Å². The lowest BCUT2D eigenvalue weighted by Gasteiger charge is -2.33. The molecule has 1 aromatic carbocycles. The monoisotopic (exact) mass is 348 g/mol. The van der Waals surface area contributed by atoms with Crippen LogP contribution in [0.25, 0.3) is 0 Å². The molecule has 1 aliphatic heterocycles. The number of likely N-dealkylation sites (tertiary alicyclic amines) is 1. The molecular formula is C16H26Cl2N2O2. The summed E-state index contributed by atoms with van der Waals surface area (Å²) in [4.78, 5) is 2.47. The average Bonchev–Trinajstić information content (AvgIpc) is 2.50. The third kappa shape index (κ3) is 4.66. The minimum Gasteiger partial charge on any atom is -0.493 e. The van der Waals surface area contributed by atoms with Crippen LogP contribution < -0.4 is 14.8 Å². The second kappa shape index (κ2) is 9.46. The Kier molecular flexibility index (Phi) is 8.33. The molecule has 0 saturated carbocycles. The molecule has 1 atom stereocenters. The predicted octanol–water partition coefficient (Wildman–Crippen LogP) is 3.21. The molecule has 1 aliphatic rings. The van der Waals surface area contributed by atoms with E-state index in [0.29, 0.717) is 16.5 Å². The molecule has 4 nitrogen and oxygen atoms in total. The molecule has 1 aromatic rings. The fraction of sp³-hybridized carbons (Fsp3) is 0.625. The summed E-state index contributed by atoms with van der Waals surface area (Å²) >= 11 is 6.47. The van der Waals surface area contributed by atoms with Crippen molar-refractivity contribution in [2.75, 3.05) is 40.9 Å². The Bertz CT molecular complexity index is 470. The van der Waals surface area contributed by atoms with Crippen molar-refractivity contribution >= 4 is 24.0 Å². The van der Waals surface area contributed by atoms with Crippen molar-refractivity contribution in [1.82, 2.24) is 10.2 Å². The highest BCUT2D eigenvalue weighted by atomic mass is 35.5. The number of halogens is 2. The number of piperidine rings is 1. The summed E-state index contributed by atoms with van der Waals surface area (Å²) in [5, 5.41) is 3.94. The Morgan fingerprint density at radius 2 is 2.09 bits per heavy atom. The Morgan fingerprint density at radius 3 is 2.73 bits per heavy atom. The maximum Gasteiger partial charge on any atom is 0.179 e. The number of nitrogens with one attached hydrogen (secondary N) is 1. The molecule has 2 rings (SSSR count). The molecule has 1 unspecified atom stereocenters. The molecule has 1 fully saturated rings. The molecule has 0 bridgehead atoms. The van der Waals surface area contributed by atoms with Gasteiger partial charge in [-0.2, -0.15) is 0 Å². The van der Waals surface area contributed by atoms with Crippen LogP contribution in [0.4, 0.5) is 0 Å². The van der Waals surface area contributed by atoms with Crippen molar-refractivity contribution < 1.29 is 9.47 Å². The summed E-state index contributed by atoms with van der Waals surface area (Å²) < 4.78 is 10.7. The molecule has 1 saturated heterocycles. The van der Waals surface area contributed by atoms with Gasteiger partial charge in [0.2, 0.25) is 0 Å². The van der Waals surface area contributed by atoms with Gasteiger partial charge in [0.15, 0.2) is 11.5 Å². The van der Waals surface area contributed by atoms with Crippen LogP contribution in [0.2, 0.25) is 5.02 Å². The average molecular weight is 349 g/mol. The highest BCUT2D eigenvalue weighted by molar-refractivity contribution is 6.33. The second-order valence-electron chi connectivity index (χ2n) is 5.58. The van der Waals surface area contributed by atoms with Crippen molar-refractivity contribution in [2.24, 2.45) is 5.92 Å². The molecule has 0 spiro atoms. The summed E-state index contributed by atoms with van der Waals surface area (Å²) in [6.45, 7) is 4.19. The third-order valence-corrected chi connectivity index (χ3v) is 4.47. The van der Waals surface area contributed by atoms with E-state index in [9.17, 15) is 0 Å². The Labute approximate surface area is 144 Å². The van der Waals surface area contributed by atoms with Crippen LogP contribution >= 0.6 is 24.0 Å². The van der Waals surface area contributed by atoms with Crippen molar-refractivity contribution in [3.63, 3.8) is 0 Å². The van der Waals surface area contributed by atoms with E-state index in [-0.39, 0.29) is 12.4 Å². The molecule has 0 aliphatic carbocycles. The molecule has 0 radical (unpaired) electrons. The molecule has 1 N–H and O–H groups in total. The zero-order chi connectivity index (χ0) is 15.2. The lowest BCUT2D eigenvalue weighted by atomic mass is 9.97. The van der Waals surface area contributed by atoms with Gasteiger partial charge in [0.05, 0.1) is 19.2 Å². The standard InChI is InChI=1S/C16H25ClN2O2.ClH/c1-18-9-12-5-4-8-19(10-12)11-13-6-7-14(20-2)16(21-3)15(13)17;/h6-7,12,18H,4-5,8-11H2,1-3H3;1H.